The average molecular weight is 293 g/mol. The van der Waals surface area contributed by atoms with Crippen LogP contribution >= 0.6 is 11.6 Å². The predicted octanol–water partition coefficient (Wildman–Crippen LogP) is 3.84. The number of anilines is 2. The molecule has 2 aromatic carbocycles. The van der Waals surface area contributed by atoms with Gasteiger partial charge in [-0.2, -0.15) is 0 Å². The van der Waals surface area contributed by atoms with E-state index < -0.39 is 0 Å². The fraction of sp³-hybridized carbons (Fsp3) is 0.133. The monoisotopic (exact) mass is 292 g/mol. The molecule has 0 aliphatic carbocycles. The molecule has 0 radical (unpaired) electrons. The van der Waals surface area contributed by atoms with Gasteiger partial charge in [0.15, 0.2) is 0 Å². The minimum atomic E-state index is -0.343. The molecule has 104 valence electrons. The molecule has 2 rings (SSSR count). The van der Waals surface area contributed by atoms with E-state index in [2.05, 4.69) is 10.6 Å². The summed E-state index contributed by atoms with van der Waals surface area (Å²) in [5.41, 5.74) is 2.02. The Labute approximate surface area is 121 Å². The molecule has 0 fully saturated rings. The molecule has 1 amide bonds. The summed E-state index contributed by atoms with van der Waals surface area (Å²) >= 11 is 5.95. The molecule has 5 heteroatoms. The van der Waals surface area contributed by atoms with Crippen molar-refractivity contribution in [2.45, 2.75) is 6.92 Å². The van der Waals surface area contributed by atoms with Gasteiger partial charge in [0.05, 0.1) is 17.3 Å². The van der Waals surface area contributed by atoms with E-state index in [0.29, 0.717) is 16.4 Å². The number of nitrogens with one attached hydrogen (secondary N) is 2. The molecule has 0 aliphatic rings. The second-order valence-electron chi connectivity index (χ2n) is 4.34. The lowest BCUT2D eigenvalue weighted by Gasteiger charge is -2.10. The van der Waals surface area contributed by atoms with Crippen molar-refractivity contribution in [3.63, 3.8) is 0 Å². The Bertz CT molecular complexity index is 631. The van der Waals surface area contributed by atoms with Crippen molar-refractivity contribution in [1.29, 1.82) is 0 Å². The van der Waals surface area contributed by atoms with E-state index >= 15 is 0 Å². The topological polar surface area (TPSA) is 41.1 Å². The SMILES string of the molecule is Cc1ccc(F)cc1NCC(=O)Nc1ccccc1Cl. The van der Waals surface area contributed by atoms with Gasteiger partial charge in [-0.05, 0) is 36.8 Å². The summed E-state index contributed by atoms with van der Waals surface area (Å²) in [6, 6.07) is 11.4. The summed E-state index contributed by atoms with van der Waals surface area (Å²) in [6.07, 6.45) is 0. The smallest absolute Gasteiger partial charge is 0.243 e. The van der Waals surface area contributed by atoms with Gasteiger partial charge < -0.3 is 10.6 Å². The van der Waals surface area contributed by atoms with E-state index in [0.717, 1.165) is 5.56 Å². The highest BCUT2D eigenvalue weighted by atomic mass is 35.5. The van der Waals surface area contributed by atoms with Gasteiger partial charge in [0.1, 0.15) is 5.82 Å². The lowest BCUT2D eigenvalue weighted by Crippen LogP contribution is -2.22. The maximum Gasteiger partial charge on any atom is 0.243 e. The highest BCUT2D eigenvalue weighted by molar-refractivity contribution is 6.33. The van der Waals surface area contributed by atoms with E-state index in [4.69, 9.17) is 11.6 Å². The first-order chi connectivity index (χ1) is 9.56. The highest BCUT2D eigenvalue weighted by Gasteiger charge is 2.06. The minimum Gasteiger partial charge on any atom is -0.376 e. The molecular formula is C15H14ClFN2O. The van der Waals surface area contributed by atoms with E-state index in [-0.39, 0.29) is 18.3 Å². The van der Waals surface area contributed by atoms with Crippen LogP contribution in [0, 0.1) is 12.7 Å². The van der Waals surface area contributed by atoms with Gasteiger partial charge in [-0.15, -0.1) is 0 Å². The normalized spacial score (nSPS) is 10.2. The maximum atomic E-state index is 13.1. The summed E-state index contributed by atoms with van der Waals surface area (Å²) in [5, 5.41) is 6.06. The van der Waals surface area contributed by atoms with Crippen LogP contribution in [-0.2, 0) is 4.79 Å². The van der Waals surface area contributed by atoms with Crippen molar-refractivity contribution in [3.8, 4) is 0 Å². The number of para-hydroxylation sites is 1. The predicted molar refractivity (Wildman–Crippen MR) is 79.7 cm³/mol. The van der Waals surface area contributed by atoms with Crippen molar-refractivity contribution < 1.29 is 9.18 Å². The Kier molecular flexibility index (Phi) is 4.58. The van der Waals surface area contributed by atoms with Gasteiger partial charge in [0, 0.05) is 5.69 Å². The van der Waals surface area contributed by atoms with Crippen LogP contribution in [0.4, 0.5) is 15.8 Å². The Morgan fingerprint density at radius 2 is 1.95 bits per heavy atom. The highest BCUT2D eigenvalue weighted by Crippen LogP contribution is 2.20. The number of aryl methyl sites for hydroxylation is 1. The zero-order valence-corrected chi connectivity index (χ0v) is 11.7. The Hall–Kier alpha value is -2.07. The Balaban J connectivity index is 1.96. The summed E-state index contributed by atoms with van der Waals surface area (Å²) in [5.74, 6) is -0.591. The molecule has 2 aromatic rings. The van der Waals surface area contributed by atoms with Crippen LogP contribution in [0.5, 0.6) is 0 Å². The largest absolute Gasteiger partial charge is 0.376 e. The maximum absolute atomic E-state index is 13.1. The Morgan fingerprint density at radius 1 is 1.20 bits per heavy atom. The zero-order chi connectivity index (χ0) is 14.5. The van der Waals surface area contributed by atoms with Gasteiger partial charge in [0.25, 0.3) is 0 Å². The van der Waals surface area contributed by atoms with Gasteiger partial charge in [0.2, 0.25) is 5.91 Å². The molecule has 0 heterocycles. The quantitative estimate of drug-likeness (QED) is 0.899. The van der Waals surface area contributed by atoms with Crippen LogP contribution in [-0.4, -0.2) is 12.5 Å². The summed E-state index contributed by atoms with van der Waals surface area (Å²) in [7, 11) is 0. The zero-order valence-electron chi connectivity index (χ0n) is 10.9. The second kappa shape index (κ2) is 6.39. The fourth-order valence-electron chi connectivity index (χ4n) is 1.72. The summed E-state index contributed by atoms with van der Waals surface area (Å²) in [4.78, 5) is 11.8. The molecule has 0 saturated heterocycles. The lowest BCUT2D eigenvalue weighted by atomic mass is 10.2. The number of carbonyl (C=O) groups excluding carboxylic acids is 1. The minimum absolute atomic E-state index is 0.0372. The van der Waals surface area contributed by atoms with Crippen molar-refractivity contribution in [2.24, 2.45) is 0 Å². The van der Waals surface area contributed by atoms with Crippen LogP contribution in [0.2, 0.25) is 5.02 Å². The van der Waals surface area contributed by atoms with E-state index in [9.17, 15) is 9.18 Å². The molecule has 0 bridgehead atoms. The molecule has 2 N–H and O–H groups in total. The van der Waals surface area contributed by atoms with Crippen molar-refractivity contribution in [3.05, 3.63) is 58.9 Å². The van der Waals surface area contributed by atoms with Gasteiger partial charge in [-0.1, -0.05) is 29.8 Å². The molecule has 0 atom stereocenters. The van der Waals surface area contributed by atoms with Crippen molar-refractivity contribution in [2.75, 3.05) is 17.2 Å². The molecule has 0 spiro atoms. The van der Waals surface area contributed by atoms with Crippen LogP contribution < -0.4 is 10.6 Å². The second-order valence-corrected chi connectivity index (χ2v) is 4.75. The number of amides is 1. The first kappa shape index (κ1) is 14.3. The molecule has 20 heavy (non-hydrogen) atoms. The Morgan fingerprint density at radius 3 is 2.70 bits per heavy atom. The van der Waals surface area contributed by atoms with E-state index in [1.165, 1.54) is 12.1 Å². The third kappa shape index (κ3) is 3.71. The van der Waals surface area contributed by atoms with Crippen LogP contribution in [0.15, 0.2) is 42.5 Å². The first-order valence-corrected chi connectivity index (χ1v) is 6.48. The van der Waals surface area contributed by atoms with Crippen molar-refractivity contribution >= 4 is 28.9 Å². The molecule has 0 aromatic heterocycles. The standard InChI is InChI=1S/C15H14ClFN2O/c1-10-6-7-11(17)8-14(10)18-9-15(20)19-13-5-3-2-4-12(13)16/h2-8,18H,9H2,1H3,(H,19,20). The van der Waals surface area contributed by atoms with Crippen LogP contribution in [0.3, 0.4) is 0 Å². The summed E-state index contributed by atoms with van der Waals surface area (Å²) < 4.78 is 13.1. The third-order valence-electron chi connectivity index (χ3n) is 2.79. The van der Waals surface area contributed by atoms with E-state index in [1.54, 1.807) is 30.3 Å². The average Bonchev–Trinajstić information content (AvgIpc) is 2.42. The van der Waals surface area contributed by atoms with Crippen molar-refractivity contribution in [1.82, 2.24) is 0 Å². The number of hydrogen-bond acceptors (Lipinski definition) is 2. The lowest BCUT2D eigenvalue weighted by molar-refractivity contribution is -0.114. The van der Waals surface area contributed by atoms with Crippen LogP contribution in [0.25, 0.3) is 0 Å². The molecule has 3 nitrogen and oxygen atoms in total. The molecule has 0 saturated carbocycles. The van der Waals surface area contributed by atoms with Crippen LogP contribution in [0.1, 0.15) is 5.56 Å². The number of halogens is 2. The fourth-order valence-corrected chi connectivity index (χ4v) is 1.90. The van der Waals surface area contributed by atoms with Gasteiger partial charge in [-0.25, -0.2) is 4.39 Å². The van der Waals surface area contributed by atoms with Gasteiger partial charge >= 0.3 is 0 Å². The number of rotatable bonds is 4. The number of benzene rings is 2. The van der Waals surface area contributed by atoms with Gasteiger partial charge in [-0.3, -0.25) is 4.79 Å². The molecule has 0 unspecified atom stereocenters. The van der Waals surface area contributed by atoms with E-state index in [1.807, 2.05) is 6.92 Å². The number of carbonyl (C=O) groups is 1. The third-order valence-corrected chi connectivity index (χ3v) is 3.12. The molecular weight excluding hydrogens is 279 g/mol. The first-order valence-electron chi connectivity index (χ1n) is 6.10. The number of hydrogen-bond donors (Lipinski definition) is 2. The molecule has 0 aliphatic heterocycles. The summed E-state index contributed by atoms with van der Waals surface area (Å²) in [6.45, 7) is 1.88.